The van der Waals surface area contributed by atoms with E-state index in [1.54, 1.807) is 21.7 Å². The fourth-order valence-electron chi connectivity index (χ4n) is 4.00. The predicted octanol–water partition coefficient (Wildman–Crippen LogP) is 4.00. The van der Waals surface area contributed by atoms with Gasteiger partial charge in [-0.1, -0.05) is 61.5 Å². The van der Waals surface area contributed by atoms with Gasteiger partial charge in [0.25, 0.3) is 5.91 Å². The van der Waals surface area contributed by atoms with E-state index in [9.17, 15) is 9.59 Å². The third kappa shape index (κ3) is 6.15. The summed E-state index contributed by atoms with van der Waals surface area (Å²) in [7, 11) is 0. The molecule has 0 saturated heterocycles. The smallest absolute Gasteiger partial charge is 0.250 e. The number of nitrogens with one attached hydrogen (secondary N) is 1. The predicted molar refractivity (Wildman–Crippen MR) is 133 cm³/mol. The molecule has 2 heterocycles. The Balaban J connectivity index is 1.62. The molecule has 1 unspecified atom stereocenters. The fraction of sp³-hybridized carbons (Fsp3) is 0.333. The van der Waals surface area contributed by atoms with E-state index in [0.717, 1.165) is 17.5 Å². The molecule has 4 aromatic rings. The van der Waals surface area contributed by atoms with Crippen molar-refractivity contribution in [3.8, 4) is 0 Å². The highest BCUT2D eigenvalue weighted by molar-refractivity contribution is 5.88. The van der Waals surface area contributed by atoms with Crippen LogP contribution in [0.15, 0.2) is 77.4 Å². The van der Waals surface area contributed by atoms with E-state index in [4.69, 9.17) is 4.42 Å². The molecule has 0 aliphatic rings. The van der Waals surface area contributed by atoms with Gasteiger partial charge >= 0.3 is 0 Å². The molecule has 8 heteroatoms. The first-order chi connectivity index (χ1) is 17.0. The van der Waals surface area contributed by atoms with Crippen LogP contribution in [-0.4, -0.2) is 44.8 Å². The number of carbonyl (C=O) groups excluding carboxylic acids is 2. The van der Waals surface area contributed by atoms with Gasteiger partial charge in [0.05, 0.1) is 11.8 Å². The zero-order valence-corrected chi connectivity index (χ0v) is 20.1. The molecule has 1 atom stereocenters. The first-order valence-electron chi connectivity index (χ1n) is 12.0. The summed E-state index contributed by atoms with van der Waals surface area (Å²) in [5.74, 6) is 0.383. The molecule has 0 spiro atoms. The largest absolute Gasteiger partial charge is 0.467 e. The van der Waals surface area contributed by atoms with Gasteiger partial charge in [0, 0.05) is 13.1 Å². The topological polar surface area (TPSA) is 93.3 Å². The molecule has 8 nitrogen and oxygen atoms in total. The van der Waals surface area contributed by atoms with E-state index in [2.05, 4.69) is 29.5 Å². The van der Waals surface area contributed by atoms with Crippen molar-refractivity contribution in [2.24, 2.45) is 5.92 Å². The van der Waals surface area contributed by atoms with Gasteiger partial charge in [-0.25, -0.2) is 4.68 Å². The lowest BCUT2D eigenvalue weighted by Gasteiger charge is -2.30. The van der Waals surface area contributed by atoms with Crippen LogP contribution in [0.3, 0.4) is 0 Å². The van der Waals surface area contributed by atoms with Crippen molar-refractivity contribution in [1.82, 2.24) is 25.2 Å². The van der Waals surface area contributed by atoms with Crippen molar-refractivity contribution in [1.29, 1.82) is 0 Å². The quantitative estimate of drug-likeness (QED) is 0.355. The van der Waals surface area contributed by atoms with E-state index in [0.29, 0.717) is 36.7 Å². The molecule has 0 aliphatic heterocycles. The summed E-state index contributed by atoms with van der Waals surface area (Å²) < 4.78 is 7.22. The Hall–Kier alpha value is -3.94. The summed E-state index contributed by atoms with van der Waals surface area (Å²) in [4.78, 5) is 28.7. The second kappa shape index (κ2) is 11.5. The normalized spacial score (nSPS) is 12.1. The van der Waals surface area contributed by atoms with Crippen molar-refractivity contribution in [3.05, 3.63) is 84.3 Å². The molecule has 182 valence electrons. The second-order valence-corrected chi connectivity index (χ2v) is 8.95. The average Bonchev–Trinajstić information content (AvgIpc) is 3.52. The Morgan fingerprint density at radius 2 is 1.80 bits per heavy atom. The minimum atomic E-state index is -0.886. The number of hydrogen-bond donors (Lipinski definition) is 1. The SMILES string of the molecule is CC(C)CCNC(=O)C(c1ccco1)N(CCc1ccccc1)C(=O)Cn1nnc2ccccc21. The van der Waals surface area contributed by atoms with Gasteiger partial charge in [0.2, 0.25) is 5.91 Å². The van der Waals surface area contributed by atoms with Crippen LogP contribution in [0.25, 0.3) is 11.0 Å². The molecule has 2 aromatic heterocycles. The number of amides is 2. The van der Waals surface area contributed by atoms with Gasteiger partial charge in [-0.2, -0.15) is 0 Å². The highest BCUT2D eigenvalue weighted by Crippen LogP contribution is 2.24. The molecule has 2 amide bonds. The summed E-state index contributed by atoms with van der Waals surface area (Å²) >= 11 is 0. The maximum absolute atomic E-state index is 13.7. The van der Waals surface area contributed by atoms with Gasteiger partial charge in [-0.15, -0.1) is 5.10 Å². The number of carbonyl (C=O) groups is 2. The van der Waals surface area contributed by atoms with E-state index in [1.165, 1.54) is 6.26 Å². The maximum Gasteiger partial charge on any atom is 0.250 e. The van der Waals surface area contributed by atoms with Crippen LogP contribution < -0.4 is 5.32 Å². The van der Waals surface area contributed by atoms with E-state index in [1.807, 2.05) is 54.6 Å². The standard InChI is InChI=1S/C27H31N5O3/c1-20(2)14-16-28-27(34)26(24-13-8-18-35-24)31(17-15-21-9-4-3-5-10-21)25(33)19-32-23-12-7-6-11-22(23)29-30-32/h3-13,18,20,26H,14-17,19H2,1-2H3,(H,28,34). The zero-order chi connectivity index (χ0) is 24.6. The molecule has 35 heavy (non-hydrogen) atoms. The zero-order valence-electron chi connectivity index (χ0n) is 20.1. The van der Waals surface area contributed by atoms with Crippen molar-refractivity contribution in [3.63, 3.8) is 0 Å². The molecule has 0 radical (unpaired) electrons. The number of furan rings is 1. The van der Waals surface area contributed by atoms with Gasteiger partial charge in [-0.05, 0) is 48.6 Å². The molecule has 0 bridgehead atoms. The molecular weight excluding hydrogens is 442 g/mol. The summed E-state index contributed by atoms with van der Waals surface area (Å²) in [5, 5.41) is 11.3. The van der Waals surface area contributed by atoms with Crippen molar-refractivity contribution in [2.75, 3.05) is 13.1 Å². The van der Waals surface area contributed by atoms with Crippen molar-refractivity contribution < 1.29 is 14.0 Å². The highest BCUT2D eigenvalue weighted by atomic mass is 16.3. The van der Waals surface area contributed by atoms with Gasteiger partial charge < -0.3 is 14.6 Å². The van der Waals surface area contributed by atoms with Crippen LogP contribution in [0.4, 0.5) is 0 Å². The lowest BCUT2D eigenvalue weighted by molar-refractivity contribution is -0.142. The number of para-hydroxylation sites is 1. The van der Waals surface area contributed by atoms with Crippen molar-refractivity contribution in [2.45, 2.75) is 39.3 Å². The Kier molecular flexibility index (Phi) is 7.92. The molecule has 0 saturated carbocycles. The molecule has 0 fully saturated rings. The number of rotatable bonds is 11. The summed E-state index contributed by atoms with van der Waals surface area (Å²) in [6.45, 7) is 5.05. The van der Waals surface area contributed by atoms with Crippen LogP contribution in [0.5, 0.6) is 0 Å². The van der Waals surface area contributed by atoms with Gasteiger partial charge in [-0.3, -0.25) is 9.59 Å². The monoisotopic (exact) mass is 473 g/mol. The Morgan fingerprint density at radius 3 is 2.54 bits per heavy atom. The van der Waals surface area contributed by atoms with Crippen LogP contribution in [0.1, 0.15) is 37.6 Å². The number of aromatic nitrogens is 3. The minimum absolute atomic E-state index is 0.0359. The van der Waals surface area contributed by atoms with Crippen LogP contribution in [0, 0.1) is 5.92 Å². The summed E-state index contributed by atoms with van der Waals surface area (Å²) in [6, 6.07) is 20.0. The van der Waals surface area contributed by atoms with Crippen LogP contribution in [-0.2, 0) is 22.6 Å². The molecular formula is C27H31N5O3. The van der Waals surface area contributed by atoms with Crippen LogP contribution >= 0.6 is 0 Å². The number of fused-ring (bicyclic) bond motifs is 1. The van der Waals surface area contributed by atoms with Gasteiger partial charge in [0.15, 0.2) is 6.04 Å². The Labute approximate surface area is 204 Å². The van der Waals surface area contributed by atoms with Crippen molar-refractivity contribution >= 4 is 22.8 Å². The average molecular weight is 474 g/mol. The third-order valence-corrected chi connectivity index (χ3v) is 5.90. The summed E-state index contributed by atoms with van der Waals surface area (Å²) in [5.41, 5.74) is 2.56. The third-order valence-electron chi connectivity index (χ3n) is 5.90. The Morgan fingerprint density at radius 1 is 1.03 bits per heavy atom. The number of hydrogen-bond acceptors (Lipinski definition) is 5. The molecule has 1 N–H and O–H groups in total. The molecule has 0 aliphatic carbocycles. The van der Waals surface area contributed by atoms with E-state index < -0.39 is 6.04 Å². The fourth-order valence-corrected chi connectivity index (χ4v) is 4.00. The number of nitrogens with zero attached hydrogens (tertiary/aromatic N) is 4. The van der Waals surface area contributed by atoms with Crippen LogP contribution in [0.2, 0.25) is 0 Å². The van der Waals surface area contributed by atoms with E-state index >= 15 is 0 Å². The first kappa shape index (κ1) is 24.2. The molecule has 4 rings (SSSR count). The highest BCUT2D eigenvalue weighted by Gasteiger charge is 2.33. The lowest BCUT2D eigenvalue weighted by Crippen LogP contribution is -2.46. The lowest BCUT2D eigenvalue weighted by atomic mass is 10.1. The minimum Gasteiger partial charge on any atom is -0.467 e. The maximum atomic E-state index is 13.7. The number of benzene rings is 2. The summed E-state index contributed by atoms with van der Waals surface area (Å²) in [6.07, 6.45) is 2.97. The second-order valence-electron chi connectivity index (χ2n) is 8.95. The Bertz CT molecular complexity index is 1230. The first-order valence-corrected chi connectivity index (χ1v) is 12.0. The van der Waals surface area contributed by atoms with Gasteiger partial charge in [0.1, 0.15) is 17.8 Å². The van der Waals surface area contributed by atoms with E-state index in [-0.39, 0.29) is 18.4 Å². The molecule has 2 aromatic carbocycles.